The Bertz CT molecular complexity index is 631. The highest BCUT2D eigenvalue weighted by Crippen LogP contribution is 2.36. The zero-order chi connectivity index (χ0) is 14.8. The lowest BCUT2D eigenvalue weighted by Crippen LogP contribution is -2.10. The van der Waals surface area contributed by atoms with Gasteiger partial charge in [-0.1, -0.05) is 42.7 Å². The number of hydrogen-bond donors (Lipinski definition) is 1. The smallest absolute Gasteiger partial charge is 0.140 e. The summed E-state index contributed by atoms with van der Waals surface area (Å²) >= 11 is 2.30. The Morgan fingerprint density at radius 2 is 1.81 bits per heavy atom. The average molecular weight is 393 g/mol. The minimum absolute atomic E-state index is 0.568. The molecule has 4 heteroatoms. The van der Waals surface area contributed by atoms with Crippen LogP contribution in [0.2, 0.25) is 0 Å². The molecule has 2 aromatic rings. The van der Waals surface area contributed by atoms with Gasteiger partial charge in [-0.15, -0.1) is 0 Å². The fourth-order valence-corrected chi connectivity index (χ4v) is 3.65. The second-order valence-electron chi connectivity index (χ2n) is 5.87. The van der Waals surface area contributed by atoms with Gasteiger partial charge < -0.3 is 5.73 Å². The lowest BCUT2D eigenvalue weighted by atomic mass is 10.0. The first-order chi connectivity index (χ1) is 10.1. The van der Waals surface area contributed by atoms with Crippen LogP contribution >= 0.6 is 22.6 Å². The van der Waals surface area contributed by atoms with E-state index in [4.69, 9.17) is 10.7 Å². The zero-order valence-electron chi connectivity index (χ0n) is 12.3. The minimum atomic E-state index is 0.568. The summed E-state index contributed by atoms with van der Waals surface area (Å²) in [4.78, 5) is 9.32. The molecule has 1 aliphatic rings. The Morgan fingerprint density at radius 3 is 2.48 bits per heavy atom. The van der Waals surface area contributed by atoms with Crippen molar-refractivity contribution in [1.29, 1.82) is 0 Å². The van der Waals surface area contributed by atoms with Crippen molar-refractivity contribution in [3.8, 4) is 0 Å². The van der Waals surface area contributed by atoms with Gasteiger partial charge in [0.15, 0.2) is 0 Å². The third-order valence-electron chi connectivity index (χ3n) is 4.17. The molecular formula is C17H20IN3. The Hall–Kier alpha value is -1.17. The van der Waals surface area contributed by atoms with Crippen LogP contribution in [0.4, 0.5) is 5.82 Å². The molecule has 110 valence electrons. The molecule has 1 heterocycles. The minimum Gasteiger partial charge on any atom is -0.383 e. The van der Waals surface area contributed by atoms with E-state index in [0.717, 1.165) is 15.8 Å². The molecule has 21 heavy (non-hydrogen) atoms. The van der Waals surface area contributed by atoms with Gasteiger partial charge in [-0.25, -0.2) is 9.97 Å². The predicted molar refractivity (Wildman–Crippen MR) is 94.4 cm³/mol. The Kier molecular flexibility index (Phi) is 4.42. The summed E-state index contributed by atoms with van der Waals surface area (Å²) < 4.78 is 1.05. The van der Waals surface area contributed by atoms with Crippen LogP contribution in [0.1, 0.15) is 54.2 Å². The topological polar surface area (TPSA) is 51.8 Å². The molecule has 3 rings (SSSR count). The number of nitrogens with zero attached hydrogens (tertiary/aromatic N) is 2. The molecule has 1 aliphatic carbocycles. The zero-order valence-corrected chi connectivity index (χ0v) is 14.4. The van der Waals surface area contributed by atoms with Crippen LogP contribution in [-0.2, 0) is 6.42 Å². The van der Waals surface area contributed by atoms with Crippen molar-refractivity contribution in [3.05, 3.63) is 50.5 Å². The number of benzene rings is 1. The molecule has 0 radical (unpaired) electrons. The summed E-state index contributed by atoms with van der Waals surface area (Å²) in [6, 6.07) is 8.54. The first-order valence-electron chi connectivity index (χ1n) is 7.51. The first kappa shape index (κ1) is 14.8. The summed E-state index contributed by atoms with van der Waals surface area (Å²) in [6.07, 6.45) is 5.82. The van der Waals surface area contributed by atoms with Gasteiger partial charge >= 0.3 is 0 Å². The number of halogens is 1. The van der Waals surface area contributed by atoms with Crippen molar-refractivity contribution < 1.29 is 0 Å². The van der Waals surface area contributed by atoms with E-state index < -0.39 is 0 Å². The van der Waals surface area contributed by atoms with Crippen LogP contribution in [0.5, 0.6) is 0 Å². The highest BCUT2D eigenvalue weighted by Gasteiger charge is 2.23. The second kappa shape index (κ2) is 6.30. The van der Waals surface area contributed by atoms with Crippen LogP contribution in [0.15, 0.2) is 24.3 Å². The molecule has 0 bridgehead atoms. The number of hydrogen-bond acceptors (Lipinski definition) is 3. The largest absolute Gasteiger partial charge is 0.383 e. The molecule has 1 fully saturated rings. The normalized spacial score (nSPS) is 15.5. The third-order valence-corrected chi connectivity index (χ3v) is 5.28. The Morgan fingerprint density at radius 1 is 1.14 bits per heavy atom. The molecule has 0 amide bonds. The molecule has 0 saturated heterocycles. The summed E-state index contributed by atoms with van der Waals surface area (Å²) in [5.74, 6) is 2.05. The molecule has 2 N–H and O–H groups in total. The molecule has 1 aromatic carbocycles. The molecule has 1 aromatic heterocycles. The highest BCUT2D eigenvalue weighted by atomic mass is 127. The van der Waals surface area contributed by atoms with Crippen LogP contribution in [0.25, 0.3) is 0 Å². The molecule has 0 atom stereocenters. The number of nitrogens with two attached hydrogens (primary N) is 1. The number of aryl methyl sites for hydroxylation is 1. The van der Waals surface area contributed by atoms with Crippen molar-refractivity contribution in [2.75, 3.05) is 5.73 Å². The van der Waals surface area contributed by atoms with Gasteiger partial charge in [-0.2, -0.15) is 0 Å². The highest BCUT2D eigenvalue weighted by molar-refractivity contribution is 14.1. The van der Waals surface area contributed by atoms with Crippen molar-refractivity contribution in [2.24, 2.45) is 0 Å². The van der Waals surface area contributed by atoms with E-state index in [0.29, 0.717) is 11.7 Å². The summed E-state index contributed by atoms with van der Waals surface area (Å²) in [6.45, 7) is 2.10. The van der Waals surface area contributed by atoms with Gasteiger partial charge in [-0.05, 0) is 47.9 Å². The maximum Gasteiger partial charge on any atom is 0.140 e. The fraction of sp³-hybridized carbons (Fsp3) is 0.412. The van der Waals surface area contributed by atoms with E-state index in [9.17, 15) is 0 Å². The number of anilines is 1. The molecule has 0 unspecified atom stereocenters. The van der Waals surface area contributed by atoms with E-state index in [2.05, 4.69) is 58.8 Å². The predicted octanol–water partition coefficient (Wildman–Crippen LogP) is 4.22. The fourth-order valence-electron chi connectivity index (χ4n) is 2.97. The van der Waals surface area contributed by atoms with Gasteiger partial charge in [0.1, 0.15) is 11.6 Å². The molecule has 1 saturated carbocycles. The lowest BCUT2D eigenvalue weighted by Gasteiger charge is -2.14. The van der Waals surface area contributed by atoms with Gasteiger partial charge in [0.05, 0.1) is 9.26 Å². The summed E-state index contributed by atoms with van der Waals surface area (Å²) in [7, 11) is 0. The number of nitrogen functional groups attached to an aromatic ring is 1. The van der Waals surface area contributed by atoms with Crippen molar-refractivity contribution >= 4 is 28.4 Å². The maximum absolute atomic E-state index is 6.11. The van der Waals surface area contributed by atoms with E-state index in [-0.39, 0.29) is 0 Å². The average Bonchev–Trinajstić information content (AvgIpc) is 2.99. The van der Waals surface area contributed by atoms with E-state index in [1.807, 2.05) is 0 Å². The summed E-state index contributed by atoms with van der Waals surface area (Å²) in [5, 5.41) is 0. The number of rotatable bonds is 3. The van der Waals surface area contributed by atoms with E-state index >= 15 is 0 Å². The molecule has 0 aliphatic heterocycles. The lowest BCUT2D eigenvalue weighted by molar-refractivity contribution is 0.682. The monoisotopic (exact) mass is 393 g/mol. The summed E-state index contributed by atoms with van der Waals surface area (Å²) in [5.41, 5.74) is 9.78. The van der Waals surface area contributed by atoms with Crippen LogP contribution in [-0.4, -0.2) is 9.97 Å². The van der Waals surface area contributed by atoms with E-state index in [1.165, 1.54) is 42.5 Å². The van der Waals surface area contributed by atoms with Gasteiger partial charge in [-0.3, -0.25) is 0 Å². The molecule has 3 nitrogen and oxygen atoms in total. The maximum atomic E-state index is 6.11. The van der Waals surface area contributed by atoms with Gasteiger partial charge in [0.2, 0.25) is 0 Å². The first-order valence-corrected chi connectivity index (χ1v) is 8.58. The van der Waals surface area contributed by atoms with Crippen molar-refractivity contribution in [1.82, 2.24) is 9.97 Å². The molecular weight excluding hydrogens is 373 g/mol. The third kappa shape index (κ3) is 3.36. The molecule has 0 spiro atoms. The second-order valence-corrected chi connectivity index (χ2v) is 6.95. The Balaban J connectivity index is 1.90. The SMILES string of the molecule is Cc1ccc(Cc2nc(N)c(I)c(C3CCCC3)n2)cc1. The van der Waals surface area contributed by atoms with Crippen molar-refractivity contribution in [2.45, 2.75) is 44.9 Å². The van der Waals surface area contributed by atoms with Gasteiger partial charge in [0, 0.05) is 12.3 Å². The quantitative estimate of drug-likeness (QED) is 0.795. The van der Waals surface area contributed by atoms with Crippen LogP contribution < -0.4 is 5.73 Å². The standard InChI is InChI=1S/C17H20IN3/c1-11-6-8-12(9-7-11)10-14-20-16(13-4-2-3-5-13)15(18)17(19)21-14/h6-9,13H,2-5,10H2,1H3,(H2,19,20,21). The van der Waals surface area contributed by atoms with Crippen molar-refractivity contribution in [3.63, 3.8) is 0 Å². The van der Waals surface area contributed by atoms with Crippen LogP contribution in [0, 0.1) is 10.5 Å². The van der Waals surface area contributed by atoms with Crippen LogP contribution in [0.3, 0.4) is 0 Å². The van der Waals surface area contributed by atoms with Gasteiger partial charge in [0.25, 0.3) is 0 Å². The number of aromatic nitrogens is 2. The Labute approximate surface area is 139 Å². The van der Waals surface area contributed by atoms with E-state index in [1.54, 1.807) is 0 Å².